The number of hydrogen-bond donors (Lipinski definition) is 0. The summed E-state index contributed by atoms with van der Waals surface area (Å²) in [6.07, 6.45) is 3.07. The molecule has 0 spiro atoms. The molecule has 0 amide bonds. The van der Waals surface area contributed by atoms with Crippen LogP contribution in [-0.4, -0.2) is 29.3 Å². The lowest BCUT2D eigenvalue weighted by Crippen LogP contribution is -2.23. The van der Waals surface area contributed by atoms with E-state index in [-0.39, 0.29) is 12.1 Å². The van der Waals surface area contributed by atoms with Crippen molar-refractivity contribution in [3.8, 4) is 0 Å². The highest BCUT2D eigenvalue weighted by molar-refractivity contribution is 9.10. The summed E-state index contributed by atoms with van der Waals surface area (Å²) in [6.45, 7) is 1.94. The molecule has 0 bridgehead atoms. The Bertz CT molecular complexity index is 903. The van der Waals surface area contributed by atoms with Gasteiger partial charge in [0.25, 0.3) is 5.56 Å². The number of hydrogen-bond acceptors (Lipinski definition) is 5. The summed E-state index contributed by atoms with van der Waals surface area (Å²) in [5.41, 5.74) is 1.07. The van der Waals surface area contributed by atoms with Crippen LogP contribution in [-0.2, 0) is 13.6 Å². The number of rotatable bonds is 2. The van der Waals surface area contributed by atoms with Crippen molar-refractivity contribution in [3.05, 3.63) is 44.0 Å². The average Bonchev–Trinajstić information content (AvgIpc) is 2.82. The van der Waals surface area contributed by atoms with Crippen molar-refractivity contribution < 1.29 is 0 Å². The number of nitrogens with zero attached hydrogens (tertiary/aromatic N) is 6. The minimum Gasteiger partial charge on any atom is -0.291 e. The Balaban J connectivity index is 2.08. The van der Waals surface area contributed by atoms with Crippen LogP contribution in [0.5, 0.6) is 0 Å². The van der Waals surface area contributed by atoms with Crippen LogP contribution >= 0.6 is 27.5 Å². The Kier molecular flexibility index (Phi) is 3.50. The Labute approximate surface area is 132 Å². The molecule has 0 aliphatic rings. The van der Waals surface area contributed by atoms with E-state index in [1.165, 1.54) is 10.9 Å². The van der Waals surface area contributed by atoms with Gasteiger partial charge in [-0.05, 0) is 22.9 Å². The third-order valence-electron chi connectivity index (χ3n) is 3.06. The molecular weight excluding hydrogens is 360 g/mol. The van der Waals surface area contributed by atoms with E-state index in [0.29, 0.717) is 32.2 Å². The van der Waals surface area contributed by atoms with E-state index in [9.17, 15) is 4.79 Å². The van der Waals surface area contributed by atoms with Crippen molar-refractivity contribution in [2.75, 3.05) is 0 Å². The highest BCUT2D eigenvalue weighted by Crippen LogP contribution is 2.19. The summed E-state index contributed by atoms with van der Waals surface area (Å²) in [7, 11) is 1.77. The molecule has 0 aromatic carbocycles. The third-order valence-corrected chi connectivity index (χ3v) is 4.26. The molecule has 0 saturated heterocycles. The second-order valence-electron chi connectivity index (χ2n) is 4.51. The van der Waals surface area contributed by atoms with Gasteiger partial charge in [-0.3, -0.25) is 14.0 Å². The van der Waals surface area contributed by atoms with Crippen LogP contribution in [0.4, 0.5) is 0 Å². The highest BCUT2D eigenvalue weighted by atomic mass is 79.9. The molecule has 3 rings (SSSR count). The average molecular weight is 370 g/mol. The monoisotopic (exact) mass is 368 g/mol. The minimum atomic E-state index is -0.188. The summed E-state index contributed by atoms with van der Waals surface area (Å²) in [4.78, 5) is 24.9. The van der Waals surface area contributed by atoms with Crippen LogP contribution in [0, 0.1) is 6.92 Å². The van der Waals surface area contributed by atoms with Gasteiger partial charge in [0.15, 0.2) is 11.5 Å². The summed E-state index contributed by atoms with van der Waals surface area (Å²) < 4.78 is 3.46. The van der Waals surface area contributed by atoms with Crippen LogP contribution < -0.4 is 5.56 Å². The lowest BCUT2D eigenvalue weighted by molar-refractivity contribution is 0.687. The van der Waals surface area contributed by atoms with E-state index in [2.05, 4.69) is 36.0 Å². The predicted octanol–water partition coefficient (Wildman–Crippen LogP) is 1.69. The topological polar surface area (TPSA) is 78.5 Å². The lowest BCUT2D eigenvalue weighted by Gasteiger charge is -2.07. The molecule has 0 atom stereocenters. The Morgan fingerprint density at radius 3 is 2.90 bits per heavy atom. The quantitative estimate of drug-likeness (QED) is 0.642. The molecule has 3 aromatic rings. The molecule has 0 fully saturated rings. The summed E-state index contributed by atoms with van der Waals surface area (Å²) in [5, 5.41) is 5.08. The van der Waals surface area contributed by atoms with Crippen LogP contribution in [0.25, 0.3) is 11.0 Å². The highest BCUT2D eigenvalue weighted by Gasteiger charge is 2.12. The van der Waals surface area contributed by atoms with E-state index in [0.717, 1.165) is 0 Å². The molecule has 108 valence electrons. The molecule has 7 nitrogen and oxygen atoms in total. The van der Waals surface area contributed by atoms with Crippen LogP contribution in [0.15, 0.2) is 21.8 Å². The van der Waals surface area contributed by atoms with Gasteiger partial charge >= 0.3 is 0 Å². The summed E-state index contributed by atoms with van der Waals surface area (Å²) in [6, 6.07) is 0. The molecule has 21 heavy (non-hydrogen) atoms. The van der Waals surface area contributed by atoms with Crippen LogP contribution in [0.2, 0.25) is 5.15 Å². The lowest BCUT2D eigenvalue weighted by atomic mass is 10.4. The molecule has 0 N–H and O–H groups in total. The first kappa shape index (κ1) is 14.2. The largest absolute Gasteiger partial charge is 0.291 e. The number of aryl methyl sites for hydroxylation is 2. The maximum Gasteiger partial charge on any atom is 0.268 e. The van der Waals surface area contributed by atoms with Crippen molar-refractivity contribution in [1.29, 1.82) is 0 Å². The van der Waals surface area contributed by atoms with Gasteiger partial charge in [0.2, 0.25) is 0 Å². The van der Waals surface area contributed by atoms with Crippen molar-refractivity contribution in [2.24, 2.45) is 7.05 Å². The molecule has 3 heterocycles. The molecule has 0 unspecified atom stereocenters. The Morgan fingerprint density at radius 2 is 2.14 bits per heavy atom. The SMILES string of the molecule is Cc1ncn(Cc2nc(Cl)c3cnn(C)c3n2)c(=O)c1Br. The predicted molar refractivity (Wildman–Crippen MR) is 81.4 cm³/mol. The first-order valence-electron chi connectivity index (χ1n) is 6.03. The number of halogens is 2. The molecule has 0 aliphatic carbocycles. The first-order chi connectivity index (χ1) is 9.97. The van der Waals surface area contributed by atoms with Crippen molar-refractivity contribution in [3.63, 3.8) is 0 Å². The van der Waals surface area contributed by atoms with Gasteiger partial charge in [-0.25, -0.2) is 15.0 Å². The van der Waals surface area contributed by atoms with E-state index in [1.807, 2.05) is 0 Å². The zero-order valence-electron chi connectivity index (χ0n) is 11.2. The Morgan fingerprint density at radius 1 is 1.38 bits per heavy atom. The van der Waals surface area contributed by atoms with E-state index in [1.54, 1.807) is 24.9 Å². The van der Waals surface area contributed by atoms with Gasteiger partial charge < -0.3 is 0 Å². The second kappa shape index (κ2) is 5.19. The van der Waals surface area contributed by atoms with Gasteiger partial charge in [-0.2, -0.15) is 5.10 Å². The standard InChI is InChI=1S/C12H10BrClN6O/c1-6-9(13)12(21)20(5-15-6)4-8-17-10(14)7-3-16-19(2)11(7)18-8/h3,5H,4H2,1-2H3. The van der Waals surface area contributed by atoms with Gasteiger partial charge in [0.1, 0.15) is 9.63 Å². The van der Waals surface area contributed by atoms with Gasteiger partial charge in [0, 0.05) is 7.05 Å². The maximum absolute atomic E-state index is 12.1. The summed E-state index contributed by atoms with van der Waals surface area (Å²) in [5.74, 6) is 0.427. The van der Waals surface area contributed by atoms with Gasteiger partial charge in [-0.1, -0.05) is 11.6 Å². The van der Waals surface area contributed by atoms with E-state index < -0.39 is 0 Å². The smallest absolute Gasteiger partial charge is 0.268 e. The van der Waals surface area contributed by atoms with E-state index in [4.69, 9.17) is 11.6 Å². The normalized spacial score (nSPS) is 11.2. The molecule has 0 radical (unpaired) electrons. The fourth-order valence-electron chi connectivity index (χ4n) is 1.91. The van der Waals surface area contributed by atoms with Gasteiger partial charge in [-0.15, -0.1) is 0 Å². The number of aromatic nitrogens is 6. The molecule has 0 aliphatic heterocycles. The fraction of sp³-hybridized carbons (Fsp3) is 0.250. The maximum atomic E-state index is 12.1. The molecular formula is C12H10BrClN6O. The van der Waals surface area contributed by atoms with Crippen LogP contribution in [0.1, 0.15) is 11.5 Å². The van der Waals surface area contributed by atoms with Gasteiger partial charge in [0.05, 0.1) is 30.1 Å². The first-order valence-corrected chi connectivity index (χ1v) is 7.20. The second-order valence-corrected chi connectivity index (χ2v) is 5.66. The van der Waals surface area contributed by atoms with Crippen molar-refractivity contribution in [2.45, 2.75) is 13.5 Å². The third kappa shape index (κ3) is 2.44. The van der Waals surface area contributed by atoms with Crippen molar-refractivity contribution in [1.82, 2.24) is 29.3 Å². The molecule has 3 aromatic heterocycles. The summed E-state index contributed by atoms with van der Waals surface area (Å²) >= 11 is 9.35. The molecule has 0 saturated carbocycles. The Hall–Kier alpha value is -1.80. The minimum absolute atomic E-state index is 0.186. The van der Waals surface area contributed by atoms with Crippen LogP contribution in [0.3, 0.4) is 0 Å². The zero-order chi connectivity index (χ0) is 15.1. The fourth-order valence-corrected chi connectivity index (χ4v) is 2.47. The van der Waals surface area contributed by atoms with Crippen molar-refractivity contribution >= 4 is 38.6 Å². The van der Waals surface area contributed by atoms with E-state index >= 15 is 0 Å². The molecule has 9 heteroatoms. The number of fused-ring (bicyclic) bond motifs is 1. The zero-order valence-corrected chi connectivity index (χ0v) is 13.6.